The molecule has 11 nitrogen and oxygen atoms in total. The van der Waals surface area contributed by atoms with E-state index in [-0.39, 0.29) is 25.5 Å². The van der Waals surface area contributed by atoms with Crippen LogP contribution >= 0.6 is 0 Å². The number of aliphatic hydroxyl groups is 4. The summed E-state index contributed by atoms with van der Waals surface area (Å²) in [6.07, 6.45) is -6.06. The summed E-state index contributed by atoms with van der Waals surface area (Å²) >= 11 is 0. The van der Waals surface area contributed by atoms with E-state index in [1.807, 2.05) is 0 Å². The Balaban J connectivity index is 1.78. The number of amides is 1. The molecule has 1 aliphatic heterocycles. The number of ether oxygens (including phenoxy) is 5. The molecular formula is C20H31NO10. The average Bonchev–Trinajstić information content (AvgIpc) is 2.79. The lowest BCUT2D eigenvalue weighted by Gasteiger charge is -2.39. The third-order valence-electron chi connectivity index (χ3n) is 4.92. The van der Waals surface area contributed by atoms with Gasteiger partial charge in [-0.25, -0.2) is 0 Å². The van der Waals surface area contributed by atoms with E-state index in [2.05, 4.69) is 5.32 Å². The first-order valence-corrected chi connectivity index (χ1v) is 9.83. The molecule has 31 heavy (non-hydrogen) atoms. The molecule has 176 valence electrons. The molecule has 5 N–H and O–H groups in total. The molecule has 0 spiro atoms. The molecule has 1 aliphatic rings. The number of hydrogen-bond donors (Lipinski definition) is 5. The fourth-order valence-corrected chi connectivity index (χ4v) is 3.20. The zero-order valence-electron chi connectivity index (χ0n) is 17.8. The van der Waals surface area contributed by atoms with Crippen molar-refractivity contribution < 1.29 is 48.9 Å². The van der Waals surface area contributed by atoms with Crippen LogP contribution in [-0.4, -0.2) is 98.1 Å². The second-order valence-electron chi connectivity index (χ2n) is 6.95. The first-order valence-electron chi connectivity index (χ1n) is 9.83. The van der Waals surface area contributed by atoms with E-state index in [0.717, 1.165) is 5.56 Å². The molecule has 2 rings (SSSR count). The molecule has 1 saturated heterocycles. The highest BCUT2D eigenvalue weighted by Gasteiger charge is 2.43. The molecule has 0 radical (unpaired) electrons. The molecular weight excluding hydrogens is 414 g/mol. The van der Waals surface area contributed by atoms with E-state index in [4.69, 9.17) is 28.8 Å². The molecule has 5 atom stereocenters. The molecule has 0 bridgehead atoms. The van der Waals surface area contributed by atoms with Crippen molar-refractivity contribution in [2.24, 2.45) is 0 Å². The first kappa shape index (κ1) is 25.1. The number of carbonyl (C=O) groups excluding carboxylic acids is 1. The summed E-state index contributed by atoms with van der Waals surface area (Å²) in [6.45, 7) is -0.399. The number of carbonyl (C=O) groups is 1. The average molecular weight is 445 g/mol. The largest absolute Gasteiger partial charge is 0.493 e. The predicted molar refractivity (Wildman–Crippen MR) is 107 cm³/mol. The number of benzene rings is 1. The van der Waals surface area contributed by atoms with Crippen molar-refractivity contribution in [1.82, 2.24) is 5.32 Å². The number of nitrogens with one attached hydrogen (secondary N) is 1. The maximum absolute atomic E-state index is 12.1. The van der Waals surface area contributed by atoms with Crippen molar-refractivity contribution in [1.29, 1.82) is 0 Å². The lowest BCUT2D eigenvalue weighted by Crippen LogP contribution is -2.59. The third-order valence-corrected chi connectivity index (χ3v) is 4.92. The fraction of sp³-hybridized carbons (Fsp3) is 0.650. The number of aryl methyl sites for hydroxylation is 1. The highest BCUT2D eigenvalue weighted by Crippen LogP contribution is 2.38. The number of hydrogen-bond acceptors (Lipinski definition) is 10. The topological polar surface area (TPSA) is 156 Å². The van der Waals surface area contributed by atoms with Crippen molar-refractivity contribution in [3.63, 3.8) is 0 Å². The van der Waals surface area contributed by atoms with E-state index in [9.17, 15) is 20.1 Å². The van der Waals surface area contributed by atoms with Crippen molar-refractivity contribution in [2.45, 2.75) is 43.5 Å². The van der Waals surface area contributed by atoms with Crippen LogP contribution in [0.15, 0.2) is 12.1 Å². The van der Waals surface area contributed by atoms with Crippen LogP contribution in [0.1, 0.15) is 12.0 Å². The molecule has 1 heterocycles. The van der Waals surface area contributed by atoms with Crippen LogP contribution < -0.4 is 19.5 Å². The Morgan fingerprint density at radius 1 is 1.03 bits per heavy atom. The highest BCUT2D eigenvalue weighted by atomic mass is 16.7. The smallest absolute Gasteiger partial charge is 0.220 e. The van der Waals surface area contributed by atoms with Gasteiger partial charge in [0.1, 0.15) is 24.4 Å². The summed E-state index contributed by atoms with van der Waals surface area (Å²) in [7, 11) is 4.55. The monoisotopic (exact) mass is 445 g/mol. The Bertz CT molecular complexity index is 688. The SMILES string of the molecule is COc1cc(CCC(=O)NCCO[C@H]2O[C@H](CO)[C@H](O)[C@H](O)[C@H]2O)cc(OC)c1OC. The molecule has 11 heteroatoms. The van der Waals surface area contributed by atoms with Crippen LogP contribution in [0, 0.1) is 0 Å². The third kappa shape index (κ3) is 6.42. The van der Waals surface area contributed by atoms with Gasteiger partial charge in [-0.2, -0.15) is 0 Å². The van der Waals surface area contributed by atoms with Gasteiger partial charge in [-0.3, -0.25) is 4.79 Å². The molecule has 1 aromatic rings. The van der Waals surface area contributed by atoms with Crippen LogP contribution in [0.25, 0.3) is 0 Å². The predicted octanol–water partition coefficient (Wildman–Crippen LogP) is -1.42. The zero-order valence-corrected chi connectivity index (χ0v) is 17.8. The number of rotatable bonds is 11. The van der Waals surface area contributed by atoms with Crippen molar-refractivity contribution in [2.75, 3.05) is 41.1 Å². The van der Waals surface area contributed by atoms with Gasteiger partial charge < -0.3 is 49.4 Å². The second kappa shape index (κ2) is 12.0. The minimum atomic E-state index is -1.51. The summed E-state index contributed by atoms with van der Waals surface area (Å²) in [5.74, 6) is 1.27. The Hall–Kier alpha value is -2.15. The Labute approximate surface area is 180 Å². The summed E-state index contributed by atoms with van der Waals surface area (Å²) in [5.41, 5.74) is 0.835. The van der Waals surface area contributed by atoms with Gasteiger partial charge in [0.15, 0.2) is 17.8 Å². The van der Waals surface area contributed by atoms with Crippen molar-refractivity contribution in [3.05, 3.63) is 17.7 Å². The Kier molecular flexibility index (Phi) is 9.75. The molecule has 1 amide bonds. The molecule has 1 aromatic carbocycles. The van der Waals surface area contributed by atoms with Gasteiger partial charge in [0.25, 0.3) is 0 Å². The number of methoxy groups -OCH3 is 3. The van der Waals surface area contributed by atoms with Gasteiger partial charge in [0.2, 0.25) is 11.7 Å². The van der Waals surface area contributed by atoms with E-state index < -0.39 is 37.3 Å². The standard InChI is InChI=1S/C20H31NO10/c1-27-12-8-11(9-13(28-2)19(12)29-3)4-5-15(23)21-6-7-30-20-18(26)17(25)16(24)14(10-22)31-20/h8-9,14,16-18,20,22,24-26H,4-7,10H2,1-3H3,(H,21,23)/t14-,16+,17+,18-,20+/m1/s1. The quantitative estimate of drug-likeness (QED) is 0.256. The Morgan fingerprint density at radius 2 is 1.68 bits per heavy atom. The van der Waals surface area contributed by atoms with E-state index in [1.165, 1.54) is 21.3 Å². The molecule has 1 fully saturated rings. The normalized spacial score (nSPS) is 25.7. The Morgan fingerprint density at radius 3 is 2.23 bits per heavy atom. The number of aliphatic hydroxyl groups excluding tert-OH is 4. The van der Waals surface area contributed by atoms with Gasteiger partial charge in [-0.15, -0.1) is 0 Å². The van der Waals surface area contributed by atoms with E-state index in [0.29, 0.717) is 23.7 Å². The maximum Gasteiger partial charge on any atom is 0.220 e. The van der Waals surface area contributed by atoms with Crippen LogP contribution in [0.2, 0.25) is 0 Å². The summed E-state index contributed by atoms with van der Waals surface area (Å²) in [4.78, 5) is 12.1. The minimum absolute atomic E-state index is 0.00138. The summed E-state index contributed by atoms with van der Waals surface area (Å²) in [5, 5.41) is 41.2. The molecule has 0 unspecified atom stereocenters. The second-order valence-corrected chi connectivity index (χ2v) is 6.95. The van der Waals surface area contributed by atoms with Crippen LogP contribution in [-0.2, 0) is 20.7 Å². The molecule has 0 aromatic heterocycles. The van der Waals surface area contributed by atoms with Gasteiger partial charge >= 0.3 is 0 Å². The highest BCUT2D eigenvalue weighted by molar-refractivity contribution is 5.76. The van der Waals surface area contributed by atoms with Crippen LogP contribution in [0.5, 0.6) is 17.2 Å². The lowest BCUT2D eigenvalue weighted by atomic mass is 9.99. The van der Waals surface area contributed by atoms with Gasteiger partial charge in [0, 0.05) is 13.0 Å². The first-order chi connectivity index (χ1) is 14.9. The minimum Gasteiger partial charge on any atom is -0.493 e. The van der Waals surface area contributed by atoms with Crippen LogP contribution in [0.4, 0.5) is 0 Å². The molecule has 0 aliphatic carbocycles. The zero-order chi connectivity index (χ0) is 23.0. The van der Waals surface area contributed by atoms with Gasteiger partial charge in [-0.05, 0) is 24.1 Å². The van der Waals surface area contributed by atoms with Crippen LogP contribution in [0.3, 0.4) is 0 Å². The summed E-state index contributed by atoms with van der Waals surface area (Å²) < 4.78 is 26.4. The van der Waals surface area contributed by atoms with Crippen molar-refractivity contribution in [3.8, 4) is 17.2 Å². The van der Waals surface area contributed by atoms with E-state index in [1.54, 1.807) is 12.1 Å². The fourth-order valence-electron chi connectivity index (χ4n) is 3.20. The van der Waals surface area contributed by atoms with Crippen molar-refractivity contribution >= 4 is 5.91 Å². The van der Waals surface area contributed by atoms with E-state index >= 15 is 0 Å². The maximum atomic E-state index is 12.1. The lowest BCUT2D eigenvalue weighted by molar-refractivity contribution is -0.300. The molecule has 0 saturated carbocycles. The van der Waals surface area contributed by atoms with Gasteiger partial charge in [-0.1, -0.05) is 0 Å². The van der Waals surface area contributed by atoms with Gasteiger partial charge in [0.05, 0.1) is 34.5 Å². The summed E-state index contributed by atoms with van der Waals surface area (Å²) in [6, 6.07) is 3.55.